The summed E-state index contributed by atoms with van der Waals surface area (Å²) in [6.07, 6.45) is 0. The van der Waals surface area contributed by atoms with Gasteiger partial charge in [0.05, 0.1) is 10.2 Å². The summed E-state index contributed by atoms with van der Waals surface area (Å²) in [4.78, 5) is 12.1. The number of aromatic nitrogens is 1. The highest BCUT2D eigenvalue weighted by atomic mass is 35.5. The molecule has 0 fully saturated rings. The van der Waals surface area contributed by atoms with E-state index in [2.05, 4.69) is 10.6 Å². The lowest BCUT2D eigenvalue weighted by Crippen LogP contribution is -2.21. The second-order valence-corrected chi connectivity index (χ2v) is 6.18. The average molecular weight is 320 g/mol. The molecule has 2 heterocycles. The molecule has 2 N–H and O–H groups in total. The number of hydrogen-bond donors (Lipinski definition) is 2. The Bertz CT molecular complexity index is 822. The number of amides is 2. The summed E-state index contributed by atoms with van der Waals surface area (Å²) in [7, 11) is 1.93. The predicted molar refractivity (Wildman–Crippen MR) is 89.6 cm³/mol. The van der Waals surface area contributed by atoms with Crippen molar-refractivity contribution in [1.82, 2.24) is 4.57 Å². The fraction of sp³-hybridized carbons (Fsp3) is 0.133. The Balaban J connectivity index is 1.78. The molecule has 2 amide bonds. The van der Waals surface area contributed by atoms with E-state index in [0.29, 0.717) is 10.7 Å². The molecule has 108 valence electrons. The first-order chi connectivity index (χ1) is 10.0. The molecule has 3 rings (SSSR count). The molecule has 0 aliphatic carbocycles. The summed E-state index contributed by atoms with van der Waals surface area (Å²) in [6, 6.07) is 9.12. The minimum atomic E-state index is -0.284. The smallest absolute Gasteiger partial charge is 0.324 e. The van der Waals surface area contributed by atoms with E-state index in [1.807, 2.05) is 42.1 Å². The van der Waals surface area contributed by atoms with E-state index in [9.17, 15) is 4.79 Å². The number of fused-ring (bicyclic) bond motifs is 1. The zero-order valence-corrected chi connectivity index (χ0v) is 13.2. The van der Waals surface area contributed by atoms with E-state index >= 15 is 0 Å². The van der Waals surface area contributed by atoms with Crippen molar-refractivity contribution in [2.45, 2.75) is 6.92 Å². The van der Waals surface area contributed by atoms with Crippen LogP contribution in [0.1, 0.15) is 5.56 Å². The van der Waals surface area contributed by atoms with Crippen LogP contribution in [0.2, 0.25) is 5.02 Å². The maximum Gasteiger partial charge on any atom is 0.324 e. The normalized spacial score (nSPS) is 10.8. The Morgan fingerprint density at radius 1 is 1.24 bits per heavy atom. The Kier molecular flexibility index (Phi) is 3.61. The minimum Gasteiger partial charge on any atom is -0.330 e. The van der Waals surface area contributed by atoms with Crippen LogP contribution in [0.25, 0.3) is 10.2 Å². The summed E-state index contributed by atoms with van der Waals surface area (Å²) in [5.41, 5.74) is 2.77. The summed E-state index contributed by atoms with van der Waals surface area (Å²) in [5, 5.41) is 8.30. The molecule has 3 aromatic rings. The topological polar surface area (TPSA) is 46.1 Å². The first-order valence-electron chi connectivity index (χ1n) is 6.41. The molecular formula is C15H14ClN3OS. The van der Waals surface area contributed by atoms with Gasteiger partial charge in [-0.15, -0.1) is 11.3 Å². The highest BCUT2D eigenvalue weighted by Gasteiger charge is 2.10. The van der Waals surface area contributed by atoms with E-state index < -0.39 is 0 Å². The molecule has 2 aromatic heterocycles. The number of thiophene rings is 1. The number of halogens is 1. The monoisotopic (exact) mass is 319 g/mol. The molecule has 0 spiro atoms. The van der Waals surface area contributed by atoms with Gasteiger partial charge < -0.3 is 9.88 Å². The lowest BCUT2D eigenvalue weighted by atomic mass is 10.2. The van der Waals surface area contributed by atoms with Gasteiger partial charge in [-0.3, -0.25) is 5.32 Å². The maximum absolute atomic E-state index is 12.1. The molecule has 0 aliphatic heterocycles. The number of carbonyl (C=O) groups is 1. The van der Waals surface area contributed by atoms with Gasteiger partial charge in [0.15, 0.2) is 0 Å². The van der Waals surface area contributed by atoms with Crippen molar-refractivity contribution in [1.29, 1.82) is 0 Å². The fourth-order valence-corrected chi connectivity index (χ4v) is 3.19. The number of nitrogens with one attached hydrogen (secondary N) is 2. The van der Waals surface area contributed by atoms with Crippen molar-refractivity contribution in [3.63, 3.8) is 0 Å². The standard InChI is InChI=1S/C15H14ClN3OS/c1-9-3-4-10(16)7-11(9)17-15(20)18-14-8-13-12(19(14)2)5-6-21-13/h3-8H,1-2H3,(H2,17,18,20). The zero-order chi connectivity index (χ0) is 15.0. The maximum atomic E-state index is 12.1. The number of carbonyl (C=O) groups excluding carboxylic acids is 1. The molecule has 0 bridgehead atoms. The number of rotatable bonds is 2. The zero-order valence-electron chi connectivity index (χ0n) is 11.6. The number of benzene rings is 1. The second kappa shape index (κ2) is 5.42. The molecule has 6 heteroatoms. The summed E-state index contributed by atoms with van der Waals surface area (Å²) >= 11 is 7.60. The van der Waals surface area contributed by atoms with Gasteiger partial charge in [0.25, 0.3) is 0 Å². The van der Waals surface area contributed by atoms with Gasteiger partial charge in [0.2, 0.25) is 0 Å². The Hall–Kier alpha value is -1.98. The third kappa shape index (κ3) is 2.75. The predicted octanol–water partition coefficient (Wildman–Crippen LogP) is 4.85. The number of hydrogen-bond acceptors (Lipinski definition) is 2. The lowest BCUT2D eigenvalue weighted by Gasteiger charge is -2.11. The van der Waals surface area contributed by atoms with E-state index in [4.69, 9.17) is 11.6 Å². The van der Waals surface area contributed by atoms with E-state index in [0.717, 1.165) is 21.6 Å². The van der Waals surface area contributed by atoms with Crippen LogP contribution >= 0.6 is 22.9 Å². The molecule has 0 aliphatic rings. The molecule has 1 aromatic carbocycles. The van der Waals surface area contributed by atoms with Crippen molar-refractivity contribution in [3.05, 3.63) is 46.3 Å². The van der Waals surface area contributed by atoms with Gasteiger partial charge in [-0.2, -0.15) is 0 Å². The summed E-state index contributed by atoms with van der Waals surface area (Å²) in [6.45, 7) is 1.92. The third-order valence-corrected chi connectivity index (χ3v) is 4.44. The largest absolute Gasteiger partial charge is 0.330 e. The molecule has 0 unspecified atom stereocenters. The quantitative estimate of drug-likeness (QED) is 0.697. The number of urea groups is 1. The summed E-state index contributed by atoms with van der Waals surface area (Å²) in [5.74, 6) is 0.758. The van der Waals surface area contributed by atoms with Crippen molar-refractivity contribution >= 4 is 50.7 Å². The van der Waals surface area contributed by atoms with Gasteiger partial charge in [-0.05, 0) is 42.1 Å². The molecular weight excluding hydrogens is 306 g/mol. The molecule has 0 atom stereocenters. The van der Waals surface area contributed by atoms with Crippen LogP contribution in [0.4, 0.5) is 16.3 Å². The van der Waals surface area contributed by atoms with Gasteiger partial charge in [0, 0.05) is 17.8 Å². The number of aryl methyl sites for hydroxylation is 2. The van der Waals surface area contributed by atoms with Crippen LogP contribution in [-0.2, 0) is 7.05 Å². The highest BCUT2D eigenvalue weighted by molar-refractivity contribution is 7.17. The molecule has 0 saturated heterocycles. The van der Waals surface area contributed by atoms with E-state index in [1.165, 1.54) is 0 Å². The fourth-order valence-electron chi connectivity index (χ4n) is 2.17. The van der Waals surface area contributed by atoms with E-state index in [-0.39, 0.29) is 6.03 Å². The van der Waals surface area contributed by atoms with Gasteiger partial charge in [-0.1, -0.05) is 17.7 Å². The summed E-state index contributed by atoms with van der Waals surface area (Å²) < 4.78 is 3.10. The van der Waals surface area contributed by atoms with Crippen molar-refractivity contribution < 1.29 is 4.79 Å². The van der Waals surface area contributed by atoms with Crippen LogP contribution in [0.3, 0.4) is 0 Å². The van der Waals surface area contributed by atoms with Crippen LogP contribution in [-0.4, -0.2) is 10.6 Å². The second-order valence-electron chi connectivity index (χ2n) is 4.80. The Labute approximate surface area is 131 Å². The Morgan fingerprint density at radius 3 is 2.81 bits per heavy atom. The number of anilines is 2. The lowest BCUT2D eigenvalue weighted by molar-refractivity contribution is 0.262. The molecule has 4 nitrogen and oxygen atoms in total. The van der Waals surface area contributed by atoms with Crippen molar-refractivity contribution in [3.8, 4) is 0 Å². The third-order valence-electron chi connectivity index (χ3n) is 3.35. The molecule has 0 radical (unpaired) electrons. The van der Waals surface area contributed by atoms with Gasteiger partial charge in [-0.25, -0.2) is 4.79 Å². The van der Waals surface area contributed by atoms with Gasteiger partial charge >= 0.3 is 6.03 Å². The first kappa shape index (κ1) is 14.0. The first-order valence-corrected chi connectivity index (χ1v) is 7.67. The van der Waals surface area contributed by atoms with Crippen molar-refractivity contribution in [2.24, 2.45) is 7.05 Å². The van der Waals surface area contributed by atoms with Gasteiger partial charge in [0.1, 0.15) is 5.82 Å². The molecule has 0 saturated carbocycles. The minimum absolute atomic E-state index is 0.284. The van der Waals surface area contributed by atoms with Crippen LogP contribution < -0.4 is 10.6 Å². The SMILES string of the molecule is Cc1ccc(Cl)cc1NC(=O)Nc1cc2sccc2n1C. The van der Waals surface area contributed by atoms with E-state index in [1.54, 1.807) is 23.5 Å². The Morgan fingerprint density at radius 2 is 2.05 bits per heavy atom. The average Bonchev–Trinajstić information content (AvgIpc) is 2.99. The van der Waals surface area contributed by atoms with Crippen LogP contribution in [0, 0.1) is 6.92 Å². The highest BCUT2D eigenvalue weighted by Crippen LogP contribution is 2.27. The molecule has 21 heavy (non-hydrogen) atoms. The number of nitrogens with zero attached hydrogens (tertiary/aromatic N) is 1. The van der Waals surface area contributed by atoms with Crippen LogP contribution in [0.15, 0.2) is 35.7 Å². The van der Waals surface area contributed by atoms with Crippen LogP contribution in [0.5, 0.6) is 0 Å². The van der Waals surface area contributed by atoms with Crippen molar-refractivity contribution in [2.75, 3.05) is 10.6 Å².